The second-order valence-electron chi connectivity index (χ2n) is 4.22. The predicted octanol–water partition coefficient (Wildman–Crippen LogP) is 0.487. The van der Waals surface area contributed by atoms with Gasteiger partial charge in [-0.05, 0) is 32.7 Å². The lowest BCUT2D eigenvalue weighted by Gasteiger charge is -2.22. The molecule has 0 rings (SSSR count). The van der Waals surface area contributed by atoms with Crippen LogP contribution in [0.2, 0.25) is 0 Å². The van der Waals surface area contributed by atoms with Crippen molar-refractivity contribution in [3.05, 3.63) is 0 Å². The van der Waals surface area contributed by atoms with Crippen LogP contribution in [0, 0.1) is 0 Å². The van der Waals surface area contributed by atoms with Gasteiger partial charge < -0.3 is 15.8 Å². The van der Waals surface area contributed by atoms with Gasteiger partial charge >= 0.3 is 0 Å². The van der Waals surface area contributed by atoms with Crippen LogP contribution < -0.4 is 11.1 Å². The average Bonchev–Trinajstić information content (AvgIpc) is 2.23. The van der Waals surface area contributed by atoms with Crippen molar-refractivity contribution in [1.82, 2.24) is 5.32 Å². The Bertz CT molecular complexity index is 191. The summed E-state index contributed by atoms with van der Waals surface area (Å²) in [7, 11) is 1.01. The van der Waals surface area contributed by atoms with Gasteiger partial charge in [0.25, 0.3) is 0 Å². The van der Waals surface area contributed by atoms with E-state index >= 15 is 0 Å². The highest BCUT2D eigenvalue weighted by molar-refractivity contribution is 7.84. The van der Waals surface area contributed by atoms with Gasteiger partial charge in [0.1, 0.15) is 0 Å². The minimum atomic E-state index is -0.701. The van der Waals surface area contributed by atoms with E-state index in [1.165, 1.54) is 0 Å². The van der Waals surface area contributed by atoms with Crippen LogP contribution in [-0.4, -0.2) is 48.6 Å². The standard InChI is InChI=1S/C11H26N2O2S/c1-10(6-8-16(3)14)13-11(9-15-2)5-4-7-12/h10-11,13H,4-9,12H2,1-3H3. The largest absolute Gasteiger partial charge is 0.383 e. The van der Waals surface area contributed by atoms with Crippen molar-refractivity contribution in [1.29, 1.82) is 0 Å². The van der Waals surface area contributed by atoms with Crippen LogP contribution in [0.25, 0.3) is 0 Å². The molecule has 0 aromatic carbocycles. The lowest BCUT2D eigenvalue weighted by molar-refractivity contribution is 0.156. The average molecular weight is 250 g/mol. The van der Waals surface area contributed by atoms with Crippen molar-refractivity contribution >= 4 is 10.8 Å². The summed E-state index contributed by atoms with van der Waals surface area (Å²) in [6, 6.07) is 0.732. The molecule has 3 atom stereocenters. The molecule has 0 saturated carbocycles. The van der Waals surface area contributed by atoms with Crippen molar-refractivity contribution < 1.29 is 8.95 Å². The van der Waals surface area contributed by atoms with Gasteiger partial charge in [0.2, 0.25) is 0 Å². The van der Waals surface area contributed by atoms with Gasteiger partial charge in [0.15, 0.2) is 0 Å². The van der Waals surface area contributed by atoms with E-state index in [9.17, 15) is 4.21 Å². The van der Waals surface area contributed by atoms with Gasteiger partial charge in [-0.2, -0.15) is 0 Å². The molecule has 0 aliphatic heterocycles. The number of hydrogen-bond donors (Lipinski definition) is 2. The van der Waals surface area contributed by atoms with Crippen molar-refractivity contribution in [2.75, 3.05) is 32.3 Å². The SMILES string of the molecule is COCC(CCCN)NC(C)CCS(C)=O. The first-order valence-electron chi connectivity index (χ1n) is 5.85. The number of nitrogens with two attached hydrogens (primary N) is 1. The third kappa shape index (κ3) is 9.27. The molecular weight excluding hydrogens is 224 g/mol. The zero-order chi connectivity index (χ0) is 12.4. The van der Waals surface area contributed by atoms with E-state index in [2.05, 4.69) is 12.2 Å². The van der Waals surface area contributed by atoms with Gasteiger partial charge in [0, 0.05) is 42.0 Å². The first-order valence-corrected chi connectivity index (χ1v) is 7.58. The van der Waals surface area contributed by atoms with Crippen LogP contribution in [0.1, 0.15) is 26.2 Å². The molecule has 16 heavy (non-hydrogen) atoms. The van der Waals surface area contributed by atoms with E-state index in [1.54, 1.807) is 13.4 Å². The number of hydrogen-bond acceptors (Lipinski definition) is 4. The smallest absolute Gasteiger partial charge is 0.0615 e. The number of rotatable bonds is 10. The Kier molecular flexibility index (Phi) is 10.2. The molecule has 0 aliphatic carbocycles. The van der Waals surface area contributed by atoms with Crippen LogP contribution in [0.4, 0.5) is 0 Å². The van der Waals surface area contributed by atoms with E-state index in [0.717, 1.165) is 31.6 Å². The molecule has 0 amide bonds. The molecule has 3 N–H and O–H groups in total. The summed E-state index contributed by atoms with van der Waals surface area (Å²) < 4.78 is 16.1. The summed E-state index contributed by atoms with van der Waals surface area (Å²) in [6.07, 6.45) is 4.72. The van der Waals surface area contributed by atoms with Crippen LogP contribution in [0.5, 0.6) is 0 Å². The lowest BCUT2D eigenvalue weighted by atomic mass is 10.1. The molecule has 0 aliphatic rings. The molecule has 5 heteroatoms. The predicted molar refractivity (Wildman–Crippen MR) is 70.1 cm³/mol. The van der Waals surface area contributed by atoms with Crippen LogP contribution in [0.3, 0.4) is 0 Å². The summed E-state index contributed by atoms with van der Waals surface area (Å²) in [5, 5.41) is 3.49. The topological polar surface area (TPSA) is 64.3 Å². The molecule has 0 spiro atoms. The molecule has 0 radical (unpaired) electrons. The fourth-order valence-electron chi connectivity index (χ4n) is 1.61. The van der Waals surface area contributed by atoms with E-state index < -0.39 is 10.8 Å². The third-order valence-corrected chi connectivity index (χ3v) is 3.29. The highest BCUT2D eigenvalue weighted by atomic mass is 32.2. The molecule has 0 bridgehead atoms. The van der Waals surface area contributed by atoms with E-state index in [1.807, 2.05) is 0 Å². The van der Waals surface area contributed by atoms with Gasteiger partial charge in [-0.25, -0.2) is 0 Å². The maximum absolute atomic E-state index is 11.0. The van der Waals surface area contributed by atoms with Crippen LogP contribution >= 0.6 is 0 Å². The van der Waals surface area contributed by atoms with Gasteiger partial charge in [-0.1, -0.05) is 0 Å². The third-order valence-electron chi connectivity index (χ3n) is 2.48. The zero-order valence-corrected chi connectivity index (χ0v) is 11.5. The summed E-state index contributed by atoms with van der Waals surface area (Å²) >= 11 is 0. The number of nitrogens with one attached hydrogen (secondary N) is 1. The zero-order valence-electron chi connectivity index (χ0n) is 10.7. The van der Waals surface area contributed by atoms with Crippen LogP contribution in [0.15, 0.2) is 0 Å². The van der Waals surface area contributed by atoms with E-state index in [4.69, 9.17) is 10.5 Å². The Morgan fingerprint density at radius 3 is 2.62 bits per heavy atom. The van der Waals surface area contributed by atoms with Crippen molar-refractivity contribution in [3.63, 3.8) is 0 Å². The molecule has 98 valence electrons. The highest BCUT2D eigenvalue weighted by Crippen LogP contribution is 2.01. The maximum Gasteiger partial charge on any atom is 0.0615 e. The second-order valence-corrected chi connectivity index (χ2v) is 5.77. The quantitative estimate of drug-likeness (QED) is 0.592. The Morgan fingerprint density at radius 1 is 1.44 bits per heavy atom. The van der Waals surface area contributed by atoms with Gasteiger partial charge in [-0.3, -0.25) is 4.21 Å². The molecule has 0 fully saturated rings. The Balaban J connectivity index is 3.81. The van der Waals surface area contributed by atoms with Gasteiger partial charge in [-0.15, -0.1) is 0 Å². The number of methoxy groups -OCH3 is 1. The Hall–Kier alpha value is 0.0300. The monoisotopic (exact) mass is 250 g/mol. The van der Waals surface area contributed by atoms with E-state index in [-0.39, 0.29) is 0 Å². The van der Waals surface area contributed by atoms with Crippen molar-refractivity contribution in [2.45, 2.75) is 38.3 Å². The Morgan fingerprint density at radius 2 is 2.12 bits per heavy atom. The van der Waals surface area contributed by atoms with Crippen molar-refractivity contribution in [2.24, 2.45) is 5.73 Å². The lowest BCUT2D eigenvalue weighted by Crippen LogP contribution is -2.40. The summed E-state index contributed by atoms with van der Waals surface area (Å²) in [5.41, 5.74) is 5.49. The number of ether oxygens (including phenoxy) is 1. The molecule has 0 saturated heterocycles. The van der Waals surface area contributed by atoms with Crippen LogP contribution in [-0.2, 0) is 15.5 Å². The fourth-order valence-corrected chi connectivity index (χ4v) is 2.29. The first kappa shape index (κ1) is 16.0. The summed E-state index contributed by atoms with van der Waals surface area (Å²) in [4.78, 5) is 0. The second kappa shape index (κ2) is 10.2. The highest BCUT2D eigenvalue weighted by Gasteiger charge is 2.11. The minimum absolute atomic E-state index is 0.355. The summed E-state index contributed by atoms with van der Waals surface area (Å²) in [5.74, 6) is 0.755. The first-order chi connectivity index (χ1) is 7.60. The molecule has 0 aromatic rings. The molecule has 3 unspecified atom stereocenters. The maximum atomic E-state index is 11.0. The Labute approximate surface area is 102 Å². The minimum Gasteiger partial charge on any atom is -0.383 e. The molecular formula is C11H26N2O2S. The fraction of sp³-hybridized carbons (Fsp3) is 1.00. The normalized spacial score (nSPS) is 17.0. The molecule has 4 nitrogen and oxygen atoms in total. The van der Waals surface area contributed by atoms with E-state index in [0.29, 0.717) is 18.7 Å². The van der Waals surface area contributed by atoms with Gasteiger partial charge in [0.05, 0.1) is 6.61 Å². The van der Waals surface area contributed by atoms with Crippen molar-refractivity contribution in [3.8, 4) is 0 Å². The summed E-state index contributed by atoms with van der Waals surface area (Å²) in [6.45, 7) is 3.55. The molecule has 0 heterocycles. The molecule has 0 aromatic heterocycles.